The first-order valence-electron chi connectivity index (χ1n) is 13.9. The topological polar surface area (TPSA) is 106 Å². The number of hydrogen-bond acceptors (Lipinski definition) is 9. The molecule has 0 bridgehead atoms. The maximum absolute atomic E-state index is 13.2. The maximum Gasteiger partial charge on any atom is 0.276 e. The number of aryl methyl sites for hydroxylation is 2. The predicted molar refractivity (Wildman–Crippen MR) is 161 cm³/mol. The monoisotopic (exact) mass is 568 g/mol. The fraction of sp³-hybridized carbons (Fsp3) is 0.333. The van der Waals surface area contributed by atoms with E-state index in [1.54, 1.807) is 25.2 Å². The van der Waals surface area contributed by atoms with Crippen molar-refractivity contribution in [3.63, 3.8) is 0 Å². The molecule has 7 rings (SSSR count). The van der Waals surface area contributed by atoms with Crippen molar-refractivity contribution in [3.05, 3.63) is 70.4 Å². The lowest BCUT2D eigenvalue weighted by atomic mass is 10.1. The molecule has 11 heteroatoms. The second kappa shape index (κ2) is 10.3. The van der Waals surface area contributed by atoms with Crippen LogP contribution in [0.15, 0.2) is 47.0 Å². The van der Waals surface area contributed by atoms with Crippen LogP contribution in [0.3, 0.4) is 0 Å². The Bertz CT molecular complexity index is 1750. The van der Waals surface area contributed by atoms with Crippen molar-refractivity contribution in [2.24, 2.45) is 0 Å². The fourth-order valence-electron chi connectivity index (χ4n) is 5.66. The van der Waals surface area contributed by atoms with E-state index in [9.17, 15) is 4.79 Å². The van der Waals surface area contributed by atoms with Gasteiger partial charge in [0.05, 0.1) is 10.6 Å². The van der Waals surface area contributed by atoms with Crippen LogP contribution < -0.4 is 10.2 Å². The summed E-state index contributed by atoms with van der Waals surface area (Å²) in [4.78, 5) is 39.5. The van der Waals surface area contributed by atoms with Crippen molar-refractivity contribution < 1.29 is 9.21 Å². The molecule has 4 aromatic heterocycles. The molecule has 0 spiro atoms. The number of oxazole rings is 1. The first-order chi connectivity index (χ1) is 19.9. The van der Waals surface area contributed by atoms with Crippen molar-refractivity contribution in [1.82, 2.24) is 29.7 Å². The SMILES string of the molecule is Cc1nc(C(=O)N2CCc3sc(-c4nc(Nc5cccc(N6CCN(C)CC6)c5)nc5[nH]ccc45)cc3C2)c(C)o1. The third-order valence-electron chi connectivity index (χ3n) is 7.88. The number of carbonyl (C=O) groups is 1. The molecule has 6 heterocycles. The number of nitrogens with one attached hydrogen (secondary N) is 2. The summed E-state index contributed by atoms with van der Waals surface area (Å²) in [5.41, 5.74) is 5.38. The first-order valence-corrected chi connectivity index (χ1v) is 14.7. The quantitative estimate of drug-likeness (QED) is 0.306. The van der Waals surface area contributed by atoms with Crippen LogP contribution >= 0.6 is 11.3 Å². The summed E-state index contributed by atoms with van der Waals surface area (Å²) < 4.78 is 5.50. The van der Waals surface area contributed by atoms with E-state index in [1.165, 1.54) is 10.6 Å². The minimum atomic E-state index is -0.0851. The number of benzene rings is 1. The molecule has 2 N–H and O–H groups in total. The van der Waals surface area contributed by atoms with Crippen LogP contribution in [0, 0.1) is 13.8 Å². The fourth-order valence-corrected chi connectivity index (χ4v) is 6.83. The summed E-state index contributed by atoms with van der Waals surface area (Å²) in [5.74, 6) is 1.54. The van der Waals surface area contributed by atoms with E-state index in [0.717, 1.165) is 65.5 Å². The van der Waals surface area contributed by atoms with Gasteiger partial charge in [0.25, 0.3) is 5.91 Å². The largest absolute Gasteiger partial charge is 0.445 e. The van der Waals surface area contributed by atoms with Crippen molar-refractivity contribution in [2.75, 3.05) is 50.0 Å². The molecule has 2 aliphatic heterocycles. The molecular formula is C30H32N8O2S. The van der Waals surface area contributed by atoms with Gasteiger partial charge in [-0.3, -0.25) is 4.79 Å². The summed E-state index contributed by atoms with van der Waals surface area (Å²) in [6.07, 6.45) is 2.70. The van der Waals surface area contributed by atoms with Crippen LogP contribution in [-0.2, 0) is 13.0 Å². The second-order valence-corrected chi connectivity index (χ2v) is 11.9. The number of thiophene rings is 1. The van der Waals surface area contributed by atoms with Gasteiger partial charge in [0.15, 0.2) is 11.6 Å². The Kier molecular flexibility index (Phi) is 6.47. The van der Waals surface area contributed by atoms with Crippen LogP contribution in [0.1, 0.15) is 32.6 Å². The summed E-state index contributed by atoms with van der Waals surface area (Å²) in [6.45, 7) is 8.89. The number of nitrogens with zero attached hydrogens (tertiary/aromatic N) is 6. The van der Waals surface area contributed by atoms with E-state index >= 15 is 0 Å². The molecule has 0 saturated carbocycles. The van der Waals surface area contributed by atoms with Gasteiger partial charge in [0.2, 0.25) is 5.95 Å². The Morgan fingerprint density at radius 1 is 1.05 bits per heavy atom. The van der Waals surface area contributed by atoms with E-state index in [2.05, 4.69) is 62.5 Å². The Balaban J connectivity index is 1.15. The Labute approximate surface area is 242 Å². The standard InChI is InChI=1S/C30H32N8O2S/c1-18-26(32-19(2)40-18)29(39)38-10-8-24-20(17-38)15-25(41-24)27-23-7-9-31-28(23)35-30(34-27)33-21-5-4-6-22(16-21)37-13-11-36(3)12-14-37/h4-7,9,15-16H,8,10-14,17H2,1-3H3,(H2,31,33,34,35). The average Bonchev–Trinajstić information content (AvgIpc) is 3.70. The lowest BCUT2D eigenvalue weighted by Crippen LogP contribution is -2.44. The van der Waals surface area contributed by atoms with Crippen LogP contribution in [0.5, 0.6) is 0 Å². The molecule has 10 nitrogen and oxygen atoms in total. The van der Waals surface area contributed by atoms with Gasteiger partial charge in [-0.05, 0) is 56.3 Å². The molecule has 1 aromatic carbocycles. The molecular weight excluding hydrogens is 536 g/mol. The summed E-state index contributed by atoms with van der Waals surface area (Å²) >= 11 is 1.75. The molecule has 0 unspecified atom stereocenters. The number of piperazine rings is 1. The lowest BCUT2D eigenvalue weighted by Gasteiger charge is -2.34. The van der Waals surface area contributed by atoms with Crippen molar-refractivity contribution in [3.8, 4) is 10.6 Å². The Hall–Kier alpha value is -4.22. The molecule has 1 amide bonds. The summed E-state index contributed by atoms with van der Waals surface area (Å²) in [7, 11) is 2.17. The van der Waals surface area contributed by atoms with Crippen LogP contribution in [0.4, 0.5) is 17.3 Å². The van der Waals surface area contributed by atoms with E-state index in [4.69, 9.17) is 14.4 Å². The van der Waals surface area contributed by atoms with E-state index < -0.39 is 0 Å². The van der Waals surface area contributed by atoms with Gasteiger partial charge in [-0.15, -0.1) is 11.3 Å². The number of rotatable bonds is 5. The number of aromatic nitrogens is 4. The molecule has 0 radical (unpaired) electrons. The molecule has 210 valence electrons. The van der Waals surface area contributed by atoms with Crippen molar-refractivity contribution in [2.45, 2.75) is 26.8 Å². The zero-order chi connectivity index (χ0) is 28.1. The van der Waals surface area contributed by atoms with E-state index in [1.807, 2.05) is 17.2 Å². The number of H-pyrrole nitrogens is 1. The first kappa shape index (κ1) is 25.7. The minimum absolute atomic E-state index is 0.0851. The molecule has 2 aliphatic rings. The highest BCUT2D eigenvalue weighted by atomic mass is 32.1. The average molecular weight is 569 g/mol. The number of aromatic amines is 1. The highest BCUT2D eigenvalue weighted by Crippen LogP contribution is 2.38. The molecule has 0 aliphatic carbocycles. The van der Waals surface area contributed by atoms with E-state index in [-0.39, 0.29) is 5.91 Å². The second-order valence-electron chi connectivity index (χ2n) is 10.8. The number of fused-ring (bicyclic) bond motifs is 2. The van der Waals surface area contributed by atoms with Crippen LogP contribution in [0.2, 0.25) is 0 Å². The number of anilines is 3. The zero-order valence-corrected chi connectivity index (χ0v) is 24.2. The number of carbonyl (C=O) groups excluding carboxylic acids is 1. The third-order valence-corrected chi connectivity index (χ3v) is 9.12. The number of amides is 1. The maximum atomic E-state index is 13.2. The summed E-state index contributed by atoms with van der Waals surface area (Å²) in [6, 6.07) is 12.6. The molecule has 0 atom stereocenters. The van der Waals surface area contributed by atoms with Crippen molar-refractivity contribution >= 4 is 45.6 Å². The van der Waals surface area contributed by atoms with Crippen LogP contribution in [0.25, 0.3) is 21.6 Å². The molecule has 5 aromatic rings. The predicted octanol–water partition coefficient (Wildman–Crippen LogP) is 4.99. The minimum Gasteiger partial charge on any atom is -0.445 e. The number of likely N-dealkylation sites (N-methyl/N-ethyl adjacent to an activating group) is 1. The van der Waals surface area contributed by atoms with Gasteiger partial charge in [-0.2, -0.15) is 4.98 Å². The lowest BCUT2D eigenvalue weighted by molar-refractivity contribution is 0.0728. The Morgan fingerprint density at radius 2 is 1.90 bits per heavy atom. The molecule has 1 saturated heterocycles. The molecule has 41 heavy (non-hydrogen) atoms. The van der Waals surface area contributed by atoms with Gasteiger partial charge in [-0.1, -0.05) is 6.07 Å². The van der Waals surface area contributed by atoms with Crippen molar-refractivity contribution in [1.29, 1.82) is 0 Å². The van der Waals surface area contributed by atoms with Gasteiger partial charge in [0, 0.05) is 74.0 Å². The smallest absolute Gasteiger partial charge is 0.276 e. The Morgan fingerprint density at radius 3 is 2.71 bits per heavy atom. The third kappa shape index (κ3) is 4.95. The highest BCUT2D eigenvalue weighted by Gasteiger charge is 2.28. The van der Waals surface area contributed by atoms with Gasteiger partial charge in [-0.25, -0.2) is 9.97 Å². The normalized spacial score (nSPS) is 15.9. The number of hydrogen-bond donors (Lipinski definition) is 2. The van der Waals surface area contributed by atoms with E-state index in [0.29, 0.717) is 36.4 Å². The van der Waals surface area contributed by atoms with Crippen LogP contribution in [-0.4, -0.2) is 75.4 Å². The van der Waals surface area contributed by atoms with Gasteiger partial charge < -0.3 is 29.4 Å². The highest BCUT2D eigenvalue weighted by molar-refractivity contribution is 7.15. The zero-order valence-electron chi connectivity index (χ0n) is 23.4. The summed E-state index contributed by atoms with van der Waals surface area (Å²) in [5, 5.41) is 4.42. The van der Waals surface area contributed by atoms with Gasteiger partial charge in [0.1, 0.15) is 11.4 Å². The van der Waals surface area contributed by atoms with Gasteiger partial charge >= 0.3 is 0 Å². The molecule has 1 fully saturated rings.